The molecule has 0 unspecified atom stereocenters. The first-order valence-electron chi connectivity index (χ1n) is 6.54. The molecule has 0 atom stereocenters. The largest absolute Gasteiger partial charge is 0.486 e. The Morgan fingerprint density at radius 2 is 2.14 bits per heavy atom. The molecule has 0 saturated heterocycles. The zero-order chi connectivity index (χ0) is 15.1. The number of benzene rings is 1. The van der Waals surface area contributed by atoms with E-state index in [-0.39, 0.29) is 0 Å². The van der Waals surface area contributed by atoms with Gasteiger partial charge in [-0.05, 0) is 34.1 Å². The number of nitrogens with one attached hydrogen (secondary N) is 1. The Morgan fingerprint density at radius 1 is 1.29 bits per heavy atom. The van der Waals surface area contributed by atoms with Crippen molar-refractivity contribution in [2.24, 2.45) is 0 Å². The van der Waals surface area contributed by atoms with E-state index in [2.05, 4.69) is 21.2 Å². The molecule has 21 heavy (non-hydrogen) atoms. The third-order valence-electron chi connectivity index (χ3n) is 2.83. The molecule has 0 radical (unpaired) electrons. The van der Waals surface area contributed by atoms with Crippen LogP contribution in [-0.4, -0.2) is 20.3 Å². The highest BCUT2D eigenvalue weighted by atomic mass is 79.9. The van der Waals surface area contributed by atoms with Gasteiger partial charge in [0.05, 0.1) is 15.4 Å². The maximum Gasteiger partial charge on any atom is 0.142 e. The third kappa shape index (κ3) is 5.27. The molecule has 1 aromatic heterocycles. The monoisotopic (exact) mass is 389 g/mol. The van der Waals surface area contributed by atoms with E-state index in [0.29, 0.717) is 24.8 Å². The lowest BCUT2D eigenvalue weighted by molar-refractivity contribution is 0.199. The number of rotatable bonds is 8. The summed E-state index contributed by atoms with van der Waals surface area (Å²) in [5.74, 6) is 0.744. The maximum atomic E-state index is 6.26. The van der Waals surface area contributed by atoms with Crippen molar-refractivity contribution in [3.8, 4) is 5.75 Å². The summed E-state index contributed by atoms with van der Waals surface area (Å²) in [6, 6.07) is 9.86. The molecule has 0 amide bonds. The van der Waals surface area contributed by atoms with Crippen LogP contribution in [0.15, 0.2) is 34.1 Å². The molecule has 0 spiro atoms. The van der Waals surface area contributed by atoms with E-state index >= 15 is 0 Å². The molecule has 2 aromatic rings. The van der Waals surface area contributed by atoms with E-state index in [1.165, 1.54) is 0 Å². The van der Waals surface area contributed by atoms with E-state index in [1.807, 2.05) is 30.3 Å². The lowest BCUT2D eigenvalue weighted by atomic mass is 10.2. The second kappa shape index (κ2) is 8.76. The zero-order valence-electron chi connectivity index (χ0n) is 11.7. The fourth-order valence-corrected chi connectivity index (χ4v) is 3.47. The fraction of sp³-hybridized carbons (Fsp3) is 0.333. The van der Waals surface area contributed by atoms with Crippen molar-refractivity contribution in [2.45, 2.75) is 13.2 Å². The minimum Gasteiger partial charge on any atom is -0.486 e. The molecule has 0 aliphatic rings. The van der Waals surface area contributed by atoms with E-state index in [4.69, 9.17) is 21.1 Å². The van der Waals surface area contributed by atoms with Gasteiger partial charge in [0.1, 0.15) is 12.4 Å². The molecule has 1 N–H and O–H groups in total. The average molecular weight is 391 g/mol. The van der Waals surface area contributed by atoms with Gasteiger partial charge in [-0.3, -0.25) is 0 Å². The normalized spacial score (nSPS) is 10.8. The summed E-state index contributed by atoms with van der Waals surface area (Å²) < 4.78 is 12.0. The standard InChI is InChI=1S/C15H17BrClNO2S/c1-19-8-7-18-9-11-3-2-4-13(17)15(11)20-10-12-5-6-14(16)21-12/h2-6,18H,7-10H2,1H3. The molecular formula is C15H17BrClNO2S. The van der Waals surface area contributed by atoms with Crippen molar-refractivity contribution >= 4 is 38.9 Å². The van der Waals surface area contributed by atoms with E-state index in [0.717, 1.165) is 26.5 Å². The molecule has 2 rings (SSSR count). The first-order chi connectivity index (χ1) is 10.2. The highest BCUT2D eigenvalue weighted by molar-refractivity contribution is 9.11. The van der Waals surface area contributed by atoms with Crippen LogP contribution < -0.4 is 10.1 Å². The Bertz CT molecular complexity index is 577. The second-order valence-electron chi connectivity index (χ2n) is 4.39. The van der Waals surface area contributed by atoms with Crippen molar-refractivity contribution in [3.63, 3.8) is 0 Å². The molecule has 6 heteroatoms. The van der Waals surface area contributed by atoms with Gasteiger partial charge in [0, 0.05) is 30.6 Å². The SMILES string of the molecule is COCCNCc1cccc(Cl)c1OCc1ccc(Br)s1. The van der Waals surface area contributed by atoms with Crippen molar-refractivity contribution in [3.05, 3.63) is 49.6 Å². The Hall–Kier alpha value is -0.590. The van der Waals surface area contributed by atoms with E-state index in [1.54, 1.807) is 18.4 Å². The number of halogens is 2. The number of ether oxygens (including phenoxy) is 2. The van der Waals surface area contributed by atoms with Gasteiger partial charge in [0.2, 0.25) is 0 Å². The summed E-state index contributed by atoms with van der Waals surface area (Å²) in [7, 11) is 1.69. The highest BCUT2D eigenvalue weighted by Gasteiger charge is 2.09. The fourth-order valence-electron chi connectivity index (χ4n) is 1.82. The molecule has 114 valence electrons. The zero-order valence-corrected chi connectivity index (χ0v) is 14.9. The topological polar surface area (TPSA) is 30.5 Å². The summed E-state index contributed by atoms with van der Waals surface area (Å²) >= 11 is 11.4. The van der Waals surface area contributed by atoms with Gasteiger partial charge in [-0.1, -0.05) is 23.7 Å². The minimum absolute atomic E-state index is 0.519. The highest BCUT2D eigenvalue weighted by Crippen LogP contribution is 2.30. The predicted octanol–water partition coefficient (Wildman–Crippen LogP) is 4.48. The van der Waals surface area contributed by atoms with Crippen LogP contribution in [0.1, 0.15) is 10.4 Å². The lowest BCUT2D eigenvalue weighted by Gasteiger charge is -2.13. The van der Waals surface area contributed by atoms with Crippen LogP contribution in [0.3, 0.4) is 0 Å². The predicted molar refractivity (Wildman–Crippen MR) is 91.4 cm³/mol. The molecule has 0 bridgehead atoms. The first kappa shape index (κ1) is 16.8. The van der Waals surface area contributed by atoms with Crippen LogP contribution in [0.25, 0.3) is 0 Å². The molecule has 0 aliphatic carbocycles. The molecule has 0 fully saturated rings. The van der Waals surface area contributed by atoms with Gasteiger partial charge < -0.3 is 14.8 Å². The first-order valence-corrected chi connectivity index (χ1v) is 8.53. The number of methoxy groups -OCH3 is 1. The average Bonchev–Trinajstić information content (AvgIpc) is 2.88. The van der Waals surface area contributed by atoms with Gasteiger partial charge in [-0.2, -0.15) is 0 Å². The van der Waals surface area contributed by atoms with Crippen molar-refractivity contribution in [1.29, 1.82) is 0 Å². The van der Waals surface area contributed by atoms with Crippen LogP contribution in [0.4, 0.5) is 0 Å². The Morgan fingerprint density at radius 3 is 2.86 bits per heavy atom. The molecule has 3 nitrogen and oxygen atoms in total. The van der Waals surface area contributed by atoms with E-state index in [9.17, 15) is 0 Å². The van der Waals surface area contributed by atoms with Gasteiger partial charge >= 0.3 is 0 Å². The number of hydrogen-bond acceptors (Lipinski definition) is 4. The molecule has 1 heterocycles. The maximum absolute atomic E-state index is 6.26. The van der Waals surface area contributed by atoms with Crippen LogP contribution >= 0.6 is 38.9 Å². The van der Waals surface area contributed by atoms with Gasteiger partial charge in [0.15, 0.2) is 0 Å². The smallest absolute Gasteiger partial charge is 0.142 e. The van der Waals surface area contributed by atoms with E-state index < -0.39 is 0 Å². The Balaban J connectivity index is 1.99. The molecule has 1 aromatic carbocycles. The third-order valence-corrected chi connectivity index (χ3v) is 4.73. The van der Waals surface area contributed by atoms with Crippen molar-refractivity contribution in [1.82, 2.24) is 5.32 Å². The van der Waals surface area contributed by atoms with Gasteiger partial charge in [-0.25, -0.2) is 0 Å². The molecule has 0 saturated carbocycles. The Kier molecular flexibility index (Phi) is 6.99. The van der Waals surface area contributed by atoms with Gasteiger partial charge in [0.25, 0.3) is 0 Å². The summed E-state index contributed by atoms with van der Waals surface area (Å²) in [5.41, 5.74) is 1.05. The summed E-state index contributed by atoms with van der Waals surface area (Å²) in [5, 5.41) is 3.94. The van der Waals surface area contributed by atoms with Gasteiger partial charge in [-0.15, -0.1) is 11.3 Å². The summed E-state index contributed by atoms with van der Waals surface area (Å²) in [6.07, 6.45) is 0. The van der Waals surface area contributed by atoms with Crippen molar-refractivity contribution < 1.29 is 9.47 Å². The Labute approximate surface area is 142 Å². The number of para-hydroxylation sites is 1. The quantitative estimate of drug-likeness (QED) is 0.674. The van der Waals surface area contributed by atoms with Crippen LogP contribution in [0.5, 0.6) is 5.75 Å². The number of hydrogen-bond donors (Lipinski definition) is 1. The van der Waals surface area contributed by atoms with Crippen LogP contribution in [0, 0.1) is 0 Å². The minimum atomic E-state index is 0.519. The van der Waals surface area contributed by atoms with Crippen LogP contribution in [0.2, 0.25) is 5.02 Å². The van der Waals surface area contributed by atoms with Crippen molar-refractivity contribution in [2.75, 3.05) is 20.3 Å². The molecule has 0 aliphatic heterocycles. The summed E-state index contributed by atoms with van der Waals surface area (Å²) in [6.45, 7) is 2.69. The lowest BCUT2D eigenvalue weighted by Crippen LogP contribution is -2.19. The second-order valence-corrected chi connectivity index (χ2v) is 7.35. The van der Waals surface area contributed by atoms with Crippen LogP contribution in [-0.2, 0) is 17.9 Å². The summed E-state index contributed by atoms with van der Waals surface area (Å²) in [4.78, 5) is 1.15. The number of thiophene rings is 1. The molecular weight excluding hydrogens is 374 g/mol.